The molecule has 1 unspecified atom stereocenters. The van der Waals surface area contributed by atoms with Crippen LogP contribution in [0.4, 0.5) is 16.4 Å². The Labute approximate surface area is 186 Å². The minimum atomic E-state index is -1.10. The summed E-state index contributed by atoms with van der Waals surface area (Å²) in [6, 6.07) is 7.24. The van der Waals surface area contributed by atoms with Gasteiger partial charge in [0, 0.05) is 18.8 Å². The SMILES string of the molecule is Cc1cc(C2NC(=O)c3ccccc3N(CCCO)C2=O)nc(NC(=O)OC(C)(C)C)n1. The number of aliphatic hydroxyl groups is 1. The summed E-state index contributed by atoms with van der Waals surface area (Å²) in [5, 5.41) is 14.5. The van der Waals surface area contributed by atoms with E-state index in [2.05, 4.69) is 20.6 Å². The predicted octanol–water partition coefficient (Wildman–Crippen LogP) is 2.33. The van der Waals surface area contributed by atoms with Crippen LogP contribution in [0.5, 0.6) is 0 Å². The first kappa shape index (κ1) is 23.1. The highest BCUT2D eigenvalue weighted by Gasteiger charge is 2.35. The summed E-state index contributed by atoms with van der Waals surface area (Å²) >= 11 is 0. The predicted molar refractivity (Wildman–Crippen MR) is 117 cm³/mol. The topological polar surface area (TPSA) is 134 Å². The maximum absolute atomic E-state index is 13.4. The summed E-state index contributed by atoms with van der Waals surface area (Å²) in [4.78, 5) is 48.4. The summed E-state index contributed by atoms with van der Waals surface area (Å²) < 4.78 is 5.23. The summed E-state index contributed by atoms with van der Waals surface area (Å²) in [7, 11) is 0. The molecule has 0 spiro atoms. The van der Waals surface area contributed by atoms with Gasteiger partial charge in [-0.15, -0.1) is 0 Å². The van der Waals surface area contributed by atoms with Gasteiger partial charge in [0.1, 0.15) is 5.60 Å². The Morgan fingerprint density at radius 2 is 1.97 bits per heavy atom. The standard InChI is InChI=1S/C22H27N5O5/c1-13-12-15(24-20(23-13)26-21(31)32-22(2,3)4)17-19(30)27(10-7-11-28)16-9-6-5-8-14(16)18(29)25-17/h5-6,8-9,12,17,28H,7,10-11H2,1-4H3,(H,25,29)(H,23,24,26,31). The van der Waals surface area contributed by atoms with E-state index in [0.29, 0.717) is 23.4 Å². The number of para-hydroxylation sites is 1. The van der Waals surface area contributed by atoms with E-state index in [-0.39, 0.29) is 24.8 Å². The van der Waals surface area contributed by atoms with Gasteiger partial charge in [0.15, 0.2) is 6.04 Å². The Morgan fingerprint density at radius 1 is 1.25 bits per heavy atom. The minimum Gasteiger partial charge on any atom is -0.444 e. The number of carbonyl (C=O) groups excluding carboxylic acids is 3. The van der Waals surface area contributed by atoms with Crippen LogP contribution in [0, 0.1) is 6.92 Å². The third-order valence-corrected chi connectivity index (χ3v) is 4.55. The molecule has 0 radical (unpaired) electrons. The Kier molecular flexibility index (Phi) is 6.73. The zero-order valence-electron chi connectivity index (χ0n) is 18.5. The van der Waals surface area contributed by atoms with Crippen molar-refractivity contribution in [1.82, 2.24) is 15.3 Å². The maximum Gasteiger partial charge on any atom is 0.414 e. The zero-order chi connectivity index (χ0) is 23.5. The fourth-order valence-electron chi connectivity index (χ4n) is 3.30. The molecule has 2 heterocycles. The number of hydrogen-bond donors (Lipinski definition) is 3. The lowest BCUT2D eigenvalue weighted by Crippen LogP contribution is -2.41. The largest absolute Gasteiger partial charge is 0.444 e. The summed E-state index contributed by atoms with van der Waals surface area (Å²) in [5.41, 5.74) is 0.819. The summed E-state index contributed by atoms with van der Waals surface area (Å²) in [5.74, 6) is -0.874. The molecule has 0 aliphatic carbocycles. The van der Waals surface area contributed by atoms with Gasteiger partial charge < -0.3 is 20.1 Å². The molecule has 170 valence electrons. The van der Waals surface area contributed by atoms with E-state index in [1.54, 1.807) is 58.0 Å². The molecule has 0 saturated heterocycles. The van der Waals surface area contributed by atoms with E-state index < -0.39 is 29.6 Å². The van der Waals surface area contributed by atoms with E-state index in [4.69, 9.17) is 4.74 Å². The number of ether oxygens (including phenoxy) is 1. The number of carbonyl (C=O) groups is 3. The summed E-state index contributed by atoms with van der Waals surface area (Å²) in [6.45, 7) is 7.00. The van der Waals surface area contributed by atoms with Crippen molar-refractivity contribution in [2.45, 2.75) is 45.8 Å². The van der Waals surface area contributed by atoms with Crippen molar-refractivity contribution >= 4 is 29.5 Å². The van der Waals surface area contributed by atoms with Crippen molar-refractivity contribution in [3.8, 4) is 0 Å². The molecule has 3 amide bonds. The normalized spacial score (nSPS) is 16.2. The Morgan fingerprint density at radius 3 is 2.66 bits per heavy atom. The molecule has 1 aromatic carbocycles. The fraction of sp³-hybridized carbons (Fsp3) is 0.409. The van der Waals surface area contributed by atoms with Crippen molar-refractivity contribution in [3.05, 3.63) is 47.3 Å². The molecule has 32 heavy (non-hydrogen) atoms. The number of aliphatic hydroxyl groups excluding tert-OH is 1. The molecular weight excluding hydrogens is 414 g/mol. The average molecular weight is 441 g/mol. The fourth-order valence-corrected chi connectivity index (χ4v) is 3.30. The van der Waals surface area contributed by atoms with E-state index in [0.717, 1.165) is 0 Å². The molecule has 2 aromatic rings. The van der Waals surface area contributed by atoms with E-state index in [9.17, 15) is 19.5 Å². The third kappa shape index (κ3) is 5.38. The number of fused-ring (bicyclic) bond motifs is 1. The quantitative estimate of drug-likeness (QED) is 0.648. The van der Waals surface area contributed by atoms with Crippen molar-refractivity contribution in [1.29, 1.82) is 0 Å². The van der Waals surface area contributed by atoms with Crippen LogP contribution in [0.15, 0.2) is 30.3 Å². The van der Waals surface area contributed by atoms with E-state index in [1.807, 2.05) is 0 Å². The summed E-state index contributed by atoms with van der Waals surface area (Å²) in [6.07, 6.45) is -0.392. The van der Waals surface area contributed by atoms with Crippen molar-refractivity contribution < 1.29 is 24.2 Å². The molecular formula is C22H27N5O5. The number of nitrogens with one attached hydrogen (secondary N) is 2. The number of anilines is 2. The number of amides is 3. The molecule has 10 heteroatoms. The van der Waals surface area contributed by atoms with Crippen LogP contribution < -0.4 is 15.5 Å². The Bertz CT molecular complexity index is 1030. The molecule has 0 saturated carbocycles. The first-order valence-electron chi connectivity index (χ1n) is 10.3. The lowest BCUT2D eigenvalue weighted by molar-refractivity contribution is -0.120. The number of hydrogen-bond acceptors (Lipinski definition) is 7. The van der Waals surface area contributed by atoms with E-state index >= 15 is 0 Å². The van der Waals surface area contributed by atoms with Crippen LogP contribution in [0.3, 0.4) is 0 Å². The van der Waals surface area contributed by atoms with Crippen LogP contribution in [0.25, 0.3) is 0 Å². The molecule has 0 bridgehead atoms. The second kappa shape index (κ2) is 9.31. The number of nitrogens with zero attached hydrogens (tertiary/aromatic N) is 3. The van der Waals surface area contributed by atoms with Gasteiger partial charge in [0.05, 0.1) is 16.9 Å². The second-order valence-electron chi connectivity index (χ2n) is 8.38. The molecule has 0 fully saturated rings. The molecule has 10 nitrogen and oxygen atoms in total. The third-order valence-electron chi connectivity index (χ3n) is 4.55. The number of rotatable bonds is 5. The van der Waals surface area contributed by atoms with Crippen LogP contribution >= 0.6 is 0 Å². The minimum absolute atomic E-state index is 0.0417. The van der Waals surface area contributed by atoms with Crippen molar-refractivity contribution in [3.63, 3.8) is 0 Å². The van der Waals surface area contributed by atoms with Gasteiger partial charge in [0.25, 0.3) is 11.8 Å². The molecule has 3 N–H and O–H groups in total. The molecule has 1 atom stereocenters. The molecule has 1 aromatic heterocycles. The van der Waals surface area contributed by atoms with Crippen LogP contribution in [-0.2, 0) is 9.53 Å². The highest BCUT2D eigenvalue weighted by molar-refractivity contribution is 6.11. The zero-order valence-corrected chi connectivity index (χ0v) is 18.5. The second-order valence-corrected chi connectivity index (χ2v) is 8.38. The lowest BCUT2D eigenvalue weighted by Gasteiger charge is -2.25. The Hall–Kier alpha value is -3.53. The van der Waals surface area contributed by atoms with Crippen LogP contribution in [-0.4, -0.2) is 51.7 Å². The highest BCUT2D eigenvalue weighted by atomic mass is 16.6. The van der Waals surface area contributed by atoms with Crippen molar-refractivity contribution in [2.24, 2.45) is 0 Å². The van der Waals surface area contributed by atoms with Crippen LogP contribution in [0.1, 0.15) is 55.0 Å². The molecule has 1 aliphatic heterocycles. The van der Waals surface area contributed by atoms with Gasteiger partial charge in [-0.3, -0.25) is 14.9 Å². The molecule has 3 rings (SSSR count). The molecule has 1 aliphatic rings. The monoisotopic (exact) mass is 441 g/mol. The van der Waals surface area contributed by atoms with Gasteiger partial charge in [-0.05, 0) is 52.3 Å². The smallest absolute Gasteiger partial charge is 0.414 e. The Balaban J connectivity index is 1.96. The van der Waals surface area contributed by atoms with Crippen LogP contribution in [0.2, 0.25) is 0 Å². The van der Waals surface area contributed by atoms with E-state index in [1.165, 1.54) is 4.90 Å². The van der Waals surface area contributed by atoms with Gasteiger partial charge in [0.2, 0.25) is 5.95 Å². The number of aryl methyl sites for hydroxylation is 1. The number of aromatic nitrogens is 2. The maximum atomic E-state index is 13.4. The first-order chi connectivity index (χ1) is 15.1. The van der Waals surface area contributed by atoms with Crippen molar-refractivity contribution in [2.75, 3.05) is 23.4 Å². The number of benzene rings is 1. The lowest BCUT2D eigenvalue weighted by atomic mass is 10.1. The van der Waals surface area contributed by atoms with Gasteiger partial charge in [-0.2, -0.15) is 0 Å². The van der Waals surface area contributed by atoms with Gasteiger partial charge >= 0.3 is 6.09 Å². The van der Waals surface area contributed by atoms with Gasteiger partial charge in [-0.1, -0.05) is 12.1 Å². The first-order valence-corrected chi connectivity index (χ1v) is 10.3. The van der Waals surface area contributed by atoms with Gasteiger partial charge in [-0.25, -0.2) is 14.8 Å². The highest BCUT2D eigenvalue weighted by Crippen LogP contribution is 2.29. The average Bonchev–Trinajstić information content (AvgIpc) is 2.80.